The van der Waals surface area contributed by atoms with Gasteiger partial charge in [-0.2, -0.15) is 0 Å². The molecule has 0 aliphatic heterocycles. The number of benzene rings is 1. The number of hydrogen-bond acceptors (Lipinski definition) is 3. The predicted molar refractivity (Wildman–Crippen MR) is 60.1 cm³/mol. The van der Waals surface area contributed by atoms with Crippen LogP contribution in [0.25, 0.3) is 0 Å². The number of alkyl halides is 1. The molecule has 15 heavy (non-hydrogen) atoms. The first-order valence-corrected chi connectivity index (χ1v) is 5.11. The molecule has 1 aromatic carbocycles. The van der Waals surface area contributed by atoms with E-state index in [2.05, 4.69) is 21.2 Å². The van der Waals surface area contributed by atoms with Crippen molar-refractivity contribution in [2.45, 2.75) is 11.8 Å². The second kappa shape index (κ2) is 4.88. The van der Waals surface area contributed by atoms with Gasteiger partial charge < -0.3 is 5.32 Å². The molecule has 0 fully saturated rings. The Balaban J connectivity index is 2.73. The maximum Gasteiger partial charge on any atom is 0.269 e. The second-order valence-electron chi connectivity index (χ2n) is 2.91. The molecule has 0 saturated heterocycles. The smallest absolute Gasteiger partial charge is 0.269 e. The molecule has 0 aliphatic rings. The highest BCUT2D eigenvalue weighted by Crippen LogP contribution is 2.16. The van der Waals surface area contributed by atoms with E-state index < -0.39 is 4.92 Å². The average Bonchev–Trinajstić information content (AvgIpc) is 2.18. The third-order valence-corrected chi connectivity index (χ3v) is 2.12. The van der Waals surface area contributed by atoms with Crippen LogP contribution in [-0.2, 0) is 4.79 Å². The largest absolute Gasteiger partial charge is 0.325 e. The number of nitrogens with zero attached hydrogens (tertiary/aromatic N) is 1. The van der Waals surface area contributed by atoms with Gasteiger partial charge in [0.15, 0.2) is 0 Å². The Labute approximate surface area is 94.8 Å². The van der Waals surface area contributed by atoms with Gasteiger partial charge in [0.1, 0.15) is 0 Å². The van der Waals surface area contributed by atoms with Gasteiger partial charge >= 0.3 is 0 Å². The highest BCUT2D eigenvalue weighted by atomic mass is 79.9. The third-order valence-electron chi connectivity index (χ3n) is 1.71. The maximum atomic E-state index is 11.2. The first-order chi connectivity index (χ1) is 7.00. The molecule has 0 saturated carbocycles. The maximum absolute atomic E-state index is 11.2. The van der Waals surface area contributed by atoms with Crippen molar-refractivity contribution < 1.29 is 9.72 Å². The number of amides is 1. The van der Waals surface area contributed by atoms with E-state index in [0.29, 0.717) is 5.69 Å². The van der Waals surface area contributed by atoms with Crippen LogP contribution in [0.3, 0.4) is 0 Å². The summed E-state index contributed by atoms with van der Waals surface area (Å²) >= 11 is 3.11. The highest BCUT2D eigenvalue weighted by Gasteiger charge is 2.09. The SMILES string of the molecule is C[C@@H](Br)C(=O)Nc1ccc([N+](=O)[O-])cc1. The van der Waals surface area contributed by atoms with Crippen LogP contribution < -0.4 is 5.32 Å². The fraction of sp³-hybridized carbons (Fsp3) is 0.222. The van der Waals surface area contributed by atoms with E-state index >= 15 is 0 Å². The van der Waals surface area contributed by atoms with Gasteiger partial charge in [-0.05, 0) is 19.1 Å². The summed E-state index contributed by atoms with van der Waals surface area (Å²) in [5.41, 5.74) is 0.539. The Morgan fingerprint density at radius 1 is 1.47 bits per heavy atom. The van der Waals surface area contributed by atoms with E-state index in [1.165, 1.54) is 24.3 Å². The molecule has 1 rings (SSSR count). The summed E-state index contributed by atoms with van der Waals surface area (Å²) in [5.74, 6) is -0.191. The second-order valence-corrected chi connectivity index (χ2v) is 4.28. The summed E-state index contributed by atoms with van der Waals surface area (Å²) in [6.07, 6.45) is 0. The molecule has 1 aromatic rings. The number of nitro groups is 1. The van der Waals surface area contributed by atoms with Crippen molar-refractivity contribution in [1.82, 2.24) is 0 Å². The molecule has 0 aliphatic carbocycles. The zero-order valence-electron chi connectivity index (χ0n) is 7.94. The van der Waals surface area contributed by atoms with Crippen molar-refractivity contribution in [3.05, 3.63) is 34.4 Å². The van der Waals surface area contributed by atoms with E-state index in [9.17, 15) is 14.9 Å². The lowest BCUT2D eigenvalue weighted by Crippen LogP contribution is -2.19. The van der Waals surface area contributed by atoms with Crippen molar-refractivity contribution in [1.29, 1.82) is 0 Å². The molecular weight excluding hydrogens is 264 g/mol. The van der Waals surface area contributed by atoms with Crippen LogP contribution in [0.1, 0.15) is 6.92 Å². The summed E-state index contributed by atoms with van der Waals surface area (Å²) in [6, 6.07) is 5.67. The molecular formula is C9H9BrN2O3. The van der Waals surface area contributed by atoms with Crippen LogP contribution in [0.5, 0.6) is 0 Å². The molecule has 0 heterocycles. The van der Waals surface area contributed by atoms with Gasteiger partial charge in [0.05, 0.1) is 9.75 Å². The summed E-state index contributed by atoms with van der Waals surface area (Å²) in [4.78, 5) is 20.8. The number of carbonyl (C=O) groups excluding carboxylic acids is 1. The number of halogens is 1. The van der Waals surface area contributed by atoms with E-state index in [4.69, 9.17) is 0 Å². The van der Waals surface area contributed by atoms with Gasteiger partial charge in [-0.15, -0.1) is 0 Å². The molecule has 0 unspecified atom stereocenters. The summed E-state index contributed by atoms with van der Waals surface area (Å²) < 4.78 is 0. The van der Waals surface area contributed by atoms with E-state index in [1.807, 2.05) is 0 Å². The number of rotatable bonds is 3. The molecule has 1 N–H and O–H groups in total. The minimum atomic E-state index is -0.487. The Morgan fingerprint density at radius 2 is 2.00 bits per heavy atom. The van der Waals surface area contributed by atoms with Crippen molar-refractivity contribution >= 4 is 33.2 Å². The molecule has 0 radical (unpaired) electrons. The van der Waals surface area contributed by atoms with Gasteiger partial charge in [-0.1, -0.05) is 15.9 Å². The molecule has 6 heteroatoms. The standard InChI is InChI=1S/C9H9BrN2O3/c1-6(10)9(13)11-7-2-4-8(5-3-7)12(14)15/h2-6H,1H3,(H,11,13)/t6-/m1/s1. The van der Waals surface area contributed by atoms with Gasteiger partial charge in [0, 0.05) is 17.8 Å². The normalized spacial score (nSPS) is 11.9. The third kappa shape index (κ3) is 3.32. The number of non-ortho nitro benzene ring substituents is 1. The number of nitro benzene ring substituents is 1. The van der Waals surface area contributed by atoms with Gasteiger partial charge in [0.2, 0.25) is 5.91 Å². The Bertz CT molecular complexity index is 375. The fourth-order valence-electron chi connectivity index (χ4n) is 0.908. The summed E-state index contributed by atoms with van der Waals surface area (Å²) in [5, 5.41) is 13.0. The van der Waals surface area contributed by atoms with Crippen LogP contribution in [-0.4, -0.2) is 15.7 Å². The molecule has 1 amide bonds. The van der Waals surface area contributed by atoms with Crippen molar-refractivity contribution in [2.24, 2.45) is 0 Å². The number of anilines is 1. The van der Waals surface area contributed by atoms with E-state index in [1.54, 1.807) is 6.92 Å². The summed E-state index contributed by atoms with van der Waals surface area (Å²) in [6.45, 7) is 1.70. The average molecular weight is 273 g/mol. The quantitative estimate of drug-likeness (QED) is 0.521. The van der Waals surface area contributed by atoms with Crippen LogP contribution in [0, 0.1) is 10.1 Å². The predicted octanol–water partition coefficient (Wildman–Crippen LogP) is 2.32. The van der Waals surface area contributed by atoms with Crippen molar-refractivity contribution in [3.8, 4) is 0 Å². The minimum absolute atomic E-state index is 0.000102. The van der Waals surface area contributed by atoms with Crippen LogP contribution in [0.4, 0.5) is 11.4 Å². The fourth-order valence-corrected chi connectivity index (χ4v) is 1.02. The van der Waals surface area contributed by atoms with Crippen LogP contribution in [0.15, 0.2) is 24.3 Å². The number of carbonyl (C=O) groups is 1. The molecule has 80 valence electrons. The van der Waals surface area contributed by atoms with Crippen LogP contribution in [0.2, 0.25) is 0 Å². The Kier molecular flexibility index (Phi) is 3.79. The number of nitrogens with one attached hydrogen (secondary N) is 1. The highest BCUT2D eigenvalue weighted by molar-refractivity contribution is 9.10. The molecule has 0 bridgehead atoms. The van der Waals surface area contributed by atoms with Gasteiger partial charge in [0.25, 0.3) is 5.69 Å². The lowest BCUT2D eigenvalue weighted by atomic mass is 10.3. The van der Waals surface area contributed by atoms with E-state index in [-0.39, 0.29) is 16.4 Å². The topological polar surface area (TPSA) is 72.2 Å². The molecule has 1 atom stereocenters. The van der Waals surface area contributed by atoms with E-state index in [0.717, 1.165) is 0 Å². The minimum Gasteiger partial charge on any atom is -0.325 e. The van der Waals surface area contributed by atoms with Gasteiger partial charge in [-0.25, -0.2) is 0 Å². The zero-order valence-corrected chi connectivity index (χ0v) is 9.52. The molecule has 0 aromatic heterocycles. The summed E-state index contributed by atoms with van der Waals surface area (Å²) in [7, 11) is 0. The lowest BCUT2D eigenvalue weighted by Gasteiger charge is -2.05. The first-order valence-electron chi connectivity index (χ1n) is 4.20. The Morgan fingerprint density at radius 3 is 2.40 bits per heavy atom. The monoisotopic (exact) mass is 272 g/mol. The first kappa shape index (κ1) is 11.6. The van der Waals surface area contributed by atoms with Gasteiger partial charge in [-0.3, -0.25) is 14.9 Å². The molecule has 5 nitrogen and oxygen atoms in total. The molecule has 0 spiro atoms. The number of hydrogen-bond donors (Lipinski definition) is 1. The van der Waals surface area contributed by atoms with Crippen molar-refractivity contribution in [2.75, 3.05) is 5.32 Å². The lowest BCUT2D eigenvalue weighted by molar-refractivity contribution is -0.384. The van der Waals surface area contributed by atoms with Crippen LogP contribution >= 0.6 is 15.9 Å². The zero-order chi connectivity index (χ0) is 11.4. The van der Waals surface area contributed by atoms with Crippen molar-refractivity contribution in [3.63, 3.8) is 0 Å². The Hall–Kier alpha value is -1.43.